The van der Waals surface area contributed by atoms with E-state index in [1.54, 1.807) is 24.3 Å². The van der Waals surface area contributed by atoms with Crippen LogP contribution in [0.4, 0.5) is 0 Å². The van der Waals surface area contributed by atoms with E-state index in [4.69, 9.17) is 0 Å². The van der Waals surface area contributed by atoms with Gasteiger partial charge in [0.15, 0.2) is 9.84 Å². The van der Waals surface area contributed by atoms with Crippen molar-refractivity contribution >= 4 is 9.84 Å². The number of hydrogen-bond donors (Lipinski definition) is 0. The fourth-order valence-electron chi connectivity index (χ4n) is 2.84. The maximum absolute atomic E-state index is 12.4. The van der Waals surface area contributed by atoms with Gasteiger partial charge in [0.1, 0.15) is 11.6 Å². The quantitative estimate of drug-likeness (QED) is 0.832. The van der Waals surface area contributed by atoms with Crippen molar-refractivity contribution in [1.29, 1.82) is 0 Å². The van der Waals surface area contributed by atoms with Crippen molar-refractivity contribution < 1.29 is 8.42 Å². The average Bonchev–Trinajstić information content (AvgIpc) is 2.97. The van der Waals surface area contributed by atoms with Crippen molar-refractivity contribution in [3.8, 4) is 0 Å². The van der Waals surface area contributed by atoms with Crippen LogP contribution in [0.3, 0.4) is 0 Å². The Kier molecular flexibility index (Phi) is 4.50. The molecule has 7 heteroatoms. The highest BCUT2D eigenvalue weighted by molar-refractivity contribution is 7.91. The largest absolute Gasteiger partial charge is 0.312 e. The number of nitrogens with zero attached hydrogens (tertiary/aromatic N) is 4. The summed E-state index contributed by atoms with van der Waals surface area (Å²) in [6.07, 6.45) is 0. The van der Waals surface area contributed by atoms with Crippen LogP contribution in [0.1, 0.15) is 31.4 Å². The molecule has 0 N–H and O–H groups in total. The molecule has 0 aliphatic carbocycles. The summed E-state index contributed by atoms with van der Waals surface area (Å²) in [7, 11) is -3.23. The summed E-state index contributed by atoms with van der Waals surface area (Å²) < 4.78 is 26.9. The van der Waals surface area contributed by atoms with Crippen LogP contribution in [0.2, 0.25) is 0 Å². The Hall–Kier alpha value is -1.73. The summed E-state index contributed by atoms with van der Waals surface area (Å²) >= 11 is 0. The molecule has 0 unspecified atom stereocenters. The highest BCUT2D eigenvalue weighted by Gasteiger charge is 2.23. The molecule has 0 amide bonds. The van der Waals surface area contributed by atoms with Gasteiger partial charge in [-0.2, -0.15) is 0 Å². The molecule has 1 aliphatic rings. The van der Waals surface area contributed by atoms with E-state index in [9.17, 15) is 8.42 Å². The molecule has 23 heavy (non-hydrogen) atoms. The summed E-state index contributed by atoms with van der Waals surface area (Å²) in [6, 6.07) is 8.63. The van der Waals surface area contributed by atoms with Crippen molar-refractivity contribution in [2.75, 3.05) is 18.8 Å². The molecule has 0 atom stereocenters. The van der Waals surface area contributed by atoms with Gasteiger partial charge in [0.25, 0.3) is 0 Å². The summed E-state index contributed by atoms with van der Waals surface area (Å²) in [5.41, 5.74) is 0. The standard InChI is InChI=1S/C16H22N4O2S/c1-13(2)16-18-17-15-12-19(8-9-20(15)16)10-11-23(21,22)14-6-4-3-5-7-14/h3-7,13H,8-12H2,1-2H3. The van der Waals surface area contributed by atoms with Crippen LogP contribution < -0.4 is 0 Å². The Bertz CT molecular complexity index is 769. The molecule has 0 radical (unpaired) electrons. The first-order valence-corrected chi connectivity index (χ1v) is 9.55. The summed E-state index contributed by atoms with van der Waals surface area (Å²) in [5, 5.41) is 8.51. The molecule has 1 aliphatic heterocycles. The van der Waals surface area contributed by atoms with E-state index in [0.29, 0.717) is 23.9 Å². The summed E-state index contributed by atoms with van der Waals surface area (Å²) in [4.78, 5) is 2.52. The van der Waals surface area contributed by atoms with Crippen LogP contribution in [0.25, 0.3) is 0 Å². The number of fused-ring (bicyclic) bond motifs is 1. The van der Waals surface area contributed by atoms with E-state index >= 15 is 0 Å². The molecule has 6 nitrogen and oxygen atoms in total. The molecular formula is C16H22N4O2S. The van der Waals surface area contributed by atoms with E-state index in [2.05, 4.69) is 33.5 Å². The fraction of sp³-hybridized carbons (Fsp3) is 0.500. The van der Waals surface area contributed by atoms with Gasteiger partial charge in [0.2, 0.25) is 0 Å². The van der Waals surface area contributed by atoms with E-state index in [1.165, 1.54) is 0 Å². The van der Waals surface area contributed by atoms with Crippen molar-refractivity contribution in [2.45, 2.75) is 37.8 Å². The maximum atomic E-state index is 12.4. The van der Waals surface area contributed by atoms with E-state index in [0.717, 1.165) is 24.7 Å². The van der Waals surface area contributed by atoms with E-state index < -0.39 is 9.84 Å². The van der Waals surface area contributed by atoms with Gasteiger partial charge in [-0.1, -0.05) is 32.0 Å². The maximum Gasteiger partial charge on any atom is 0.179 e. The minimum Gasteiger partial charge on any atom is -0.312 e. The van der Waals surface area contributed by atoms with Crippen molar-refractivity contribution in [2.24, 2.45) is 0 Å². The Balaban J connectivity index is 1.64. The number of rotatable bonds is 5. The Labute approximate surface area is 137 Å². The molecule has 2 aromatic rings. The fourth-order valence-corrected chi connectivity index (χ4v) is 4.15. The van der Waals surface area contributed by atoms with Gasteiger partial charge in [-0.15, -0.1) is 10.2 Å². The van der Waals surface area contributed by atoms with Gasteiger partial charge in [-0.05, 0) is 12.1 Å². The lowest BCUT2D eigenvalue weighted by Crippen LogP contribution is -2.37. The SMILES string of the molecule is CC(C)c1nnc2n1CCN(CCS(=O)(=O)c1ccccc1)C2. The first-order chi connectivity index (χ1) is 11.0. The van der Waals surface area contributed by atoms with Crippen molar-refractivity contribution in [1.82, 2.24) is 19.7 Å². The molecule has 0 spiro atoms. The van der Waals surface area contributed by atoms with Gasteiger partial charge in [0, 0.05) is 25.6 Å². The second-order valence-corrected chi connectivity index (χ2v) is 8.30. The lowest BCUT2D eigenvalue weighted by molar-refractivity contribution is 0.226. The third-order valence-electron chi connectivity index (χ3n) is 4.16. The monoisotopic (exact) mass is 334 g/mol. The zero-order chi connectivity index (χ0) is 16.4. The molecule has 1 aromatic carbocycles. The highest BCUT2D eigenvalue weighted by atomic mass is 32.2. The second kappa shape index (κ2) is 6.41. The Morgan fingerprint density at radius 1 is 1.13 bits per heavy atom. The van der Waals surface area contributed by atoms with Gasteiger partial charge < -0.3 is 4.57 Å². The molecule has 1 aromatic heterocycles. The molecule has 3 rings (SSSR count). The minimum atomic E-state index is -3.23. The van der Waals surface area contributed by atoms with Crippen LogP contribution in [-0.2, 0) is 22.9 Å². The Morgan fingerprint density at radius 2 is 1.87 bits per heavy atom. The second-order valence-electron chi connectivity index (χ2n) is 6.19. The van der Waals surface area contributed by atoms with Crippen LogP contribution in [-0.4, -0.2) is 46.9 Å². The van der Waals surface area contributed by atoms with E-state index in [-0.39, 0.29) is 5.75 Å². The molecule has 2 heterocycles. The predicted octanol–water partition coefficient (Wildman–Crippen LogP) is 1.69. The van der Waals surface area contributed by atoms with Crippen LogP contribution in [0, 0.1) is 0 Å². The molecule has 124 valence electrons. The molecule has 0 fully saturated rings. The lowest BCUT2D eigenvalue weighted by Gasteiger charge is -2.27. The van der Waals surface area contributed by atoms with E-state index in [1.807, 2.05) is 6.07 Å². The number of benzene rings is 1. The topological polar surface area (TPSA) is 68.1 Å². The normalized spacial score (nSPS) is 15.8. The van der Waals surface area contributed by atoms with Gasteiger partial charge in [-0.25, -0.2) is 8.42 Å². The van der Waals surface area contributed by atoms with Crippen LogP contribution in [0.15, 0.2) is 35.2 Å². The minimum absolute atomic E-state index is 0.127. The number of hydrogen-bond acceptors (Lipinski definition) is 5. The average molecular weight is 334 g/mol. The van der Waals surface area contributed by atoms with Crippen LogP contribution in [0.5, 0.6) is 0 Å². The third-order valence-corrected chi connectivity index (χ3v) is 5.87. The molecular weight excluding hydrogens is 312 g/mol. The summed E-state index contributed by atoms with van der Waals surface area (Å²) in [6.45, 7) is 7.04. The van der Waals surface area contributed by atoms with Crippen molar-refractivity contribution in [3.63, 3.8) is 0 Å². The Morgan fingerprint density at radius 3 is 2.57 bits per heavy atom. The third kappa shape index (κ3) is 3.45. The van der Waals surface area contributed by atoms with Gasteiger partial charge in [-0.3, -0.25) is 4.90 Å². The lowest BCUT2D eigenvalue weighted by atomic mass is 10.2. The molecule has 0 bridgehead atoms. The zero-order valence-electron chi connectivity index (χ0n) is 13.5. The van der Waals surface area contributed by atoms with Crippen LogP contribution >= 0.6 is 0 Å². The summed E-state index contributed by atoms with van der Waals surface area (Å²) in [5.74, 6) is 2.41. The highest BCUT2D eigenvalue weighted by Crippen LogP contribution is 2.18. The zero-order valence-corrected chi connectivity index (χ0v) is 14.3. The molecule has 0 saturated carbocycles. The predicted molar refractivity (Wildman–Crippen MR) is 87.9 cm³/mol. The first kappa shape index (κ1) is 16.1. The smallest absolute Gasteiger partial charge is 0.179 e. The van der Waals surface area contributed by atoms with Gasteiger partial charge >= 0.3 is 0 Å². The van der Waals surface area contributed by atoms with Gasteiger partial charge in [0.05, 0.1) is 17.2 Å². The number of aromatic nitrogens is 3. The van der Waals surface area contributed by atoms with Crippen molar-refractivity contribution in [3.05, 3.63) is 42.0 Å². The number of sulfone groups is 1. The molecule has 0 saturated heterocycles. The first-order valence-electron chi connectivity index (χ1n) is 7.89.